The Hall–Kier alpha value is -1.99. The fraction of sp³-hybridized carbons (Fsp3) is 0.720. The molecule has 0 spiro atoms. The Morgan fingerprint density at radius 3 is 1.97 bits per heavy atom. The van der Waals surface area contributed by atoms with Gasteiger partial charge in [-0.2, -0.15) is 0 Å². The Morgan fingerprint density at radius 1 is 1.00 bits per heavy atom. The van der Waals surface area contributed by atoms with Crippen molar-refractivity contribution in [1.29, 1.82) is 0 Å². The molecule has 32 heavy (non-hydrogen) atoms. The fourth-order valence-electron chi connectivity index (χ4n) is 5.20. The number of hydrogen-bond acceptors (Lipinski definition) is 7. The highest BCUT2D eigenvalue weighted by molar-refractivity contribution is 5.96. The van der Waals surface area contributed by atoms with Gasteiger partial charge in [0.2, 0.25) is 5.78 Å². The summed E-state index contributed by atoms with van der Waals surface area (Å²) in [6.07, 6.45) is 1.51. The second-order valence-electron chi connectivity index (χ2n) is 10.1. The zero-order valence-electron chi connectivity index (χ0n) is 20.5. The molecule has 0 saturated heterocycles. The molecule has 2 aliphatic carbocycles. The van der Waals surface area contributed by atoms with Gasteiger partial charge in [0.15, 0.2) is 6.10 Å². The SMILES string of the molecule is C/C=C(/C)C(=O)OC1C(=O)C(C)(O)CC(OC(=O)/C(C)=C/C)C2C1(C)CCC2(O)C(C)C. The summed E-state index contributed by atoms with van der Waals surface area (Å²) in [5.74, 6) is -2.80. The fourth-order valence-corrected chi connectivity index (χ4v) is 5.20. The van der Waals surface area contributed by atoms with E-state index < -0.39 is 52.5 Å². The number of Topliss-reactive ketones (excluding diaryl/α,β-unsaturated/α-hetero) is 1. The van der Waals surface area contributed by atoms with Crippen LogP contribution in [0.3, 0.4) is 0 Å². The number of hydrogen-bond donors (Lipinski definition) is 2. The van der Waals surface area contributed by atoms with Crippen LogP contribution >= 0.6 is 0 Å². The maximum absolute atomic E-state index is 13.5. The quantitative estimate of drug-likeness (QED) is 0.488. The smallest absolute Gasteiger partial charge is 0.334 e. The maximum Gasteiger partial charge on any atom is 0.334 e. The molecule has 0 aromatic rings. The van der Waals surface area contributed by atoms with Gasteiger partial charge < -0.3 is 19.7 Å². The van der Waals surface area contributed by atoms with E-state index in [1.807, 2.05) is 13.8 Å². The van der Waals surface area contributed by atoms with Gasteiger partial charge in [-0.15, -0.1) is 0 Å². The summed E-state index contributed by atoms with van der Waals surface area (Å²) in [5, 5.41) is 22.9. The molecule has 0 bridgehead atoms. The van der Waals surface area contributed by atoms with Gasteiger partial charge in [0, 0.05) is 28.9 Å². The minimum Gasteiger partial charge on any atom is -0.458 e. The number of aliphatic hydroxyl groups is 2. The van der Waals surface area contributed by atoms with E-state index in [1.165, 1.54) is 6.92 Å². The van der Waals surface area contributed by atoms with Crippen LogP contribution in [-0.4, -0.2) is 51.3 Å². The molecule has 0 aliphatic heterocycles. The first-order valence-electron chi connectivity index (χ1n) is 11.3. The lowest BCUT2D eigenvalue weighted by Crippen LogP contribution is -2.54. The molecule has 2 saturated carbocycles. The Balaban J connectivity index is 2.67. The number of carbonyl (C=O) groups is 3. The third kappa shape index (κ3) is 4.42. The first kappa shape index (κ1) is 26.3. The second kappa shape index (κ2) is 9.10. The maximum atomic E-state index is 13.5. The van der Waals surface area contributed by atoms with Crippen LogP contribution in [0.25, 0.3) is 0 Å². The van der Waals surface area contributed by atoms with Crippen LogP contribution in [0.2, 0.25) is 0 Å². The normalized spacial score (nSPS) is 38.3. The molecule has 0 aromatic heterocycles. The Bertz CT molecular complexity index is 837. The van der Waals surface area contributed by atoms with Gasteiger partial charge >= 0.3 is 11.9 Å². The highest BCUT2D eigenvalue weighted by atomic mass is 16.6. The van der Waals surface area contributed by atoms with Crippen LogP contribution in [0.4, 0.5) is 0 Å². The predicted octanol–water partition coefficient (Wildman–Crippen LogP) is 3.27. The zero-order chi connectivity index (χ0) is 24.6. The van der Waals surface area contributed by atoms with Crippen LogP contribution in [0.1, 0.15) is 74.7 Å². The topological polar surface area (TPSA) is 110 Å². The van der Waals surface area contributed by atoms with Crippen molar-refractivity contribution in [1.82, 2.24) is 0 Å². The Morgan fingerprint density at radius 2 is 1.50 bits per heavy atom. The van der Waals surface area contributed by atoms with Crippen LogP contribution < -0.4 is 0 Å². The number of rotatable bonds is 5. The standard InChI is InChI=1S/C25H38O7/c1-9-15(5)21(27)31-17-13-24(8,29)19(26)20(32-22(28)16(6)10-2)23(7)11-12-25(30,14(3)4)18(17)23/h9-10,14,17-18,20,29-30H,11-13H2,1-8H3/b15-9+,16-10-. The van der Waals surface area contributed by atoms with E-state index in [0.29, 0.717) is 24.0 Å². The number of esters is 2. The lowest BCUT2D eigenvalue weighted by atomic mass is 9.66. The van der Waals surface area contributed by atoms with E-state index in [9.17, 15) is 24.6 Å². The van der Waals surface area contributed by atoms with Crippen molar-refractivity contribution in [2.75, 3.05) is 0 Å². The van der Waals surface area contributed by atoms with E-state index >= 15 is 0 Å². The summed E-state index contributed by atoms with van der Waals surface area (Å²) in [6.45, 7) is 13.5. The predicted molar refractivity (Wildman–Crippen MR) is 119 cm³/mol. The summed E-state index contributed by atoms with van der Waals surface area (Å²) < 4.78 is 11.5. The number of ketones is 1. The molecule has 0 radical (unpaired) electrons. The second-order valence-corrected chi connectivity index (χ2v) is 10.1. The molecule has 2 N–H and O–H groups in total. The average molecular weight is 451 g/mol. The molecule has 0 aromatic carbocycles. The minimum atomic E-state index is -1.91. The van der Waals surface area contributed by atoms with Crippen molar-refractivity contribution in [3.05, 3.63) is 23.3 Å². The molecule has 0 heterocycles. The molecule has 2 fully saturated rings. The van der Waals surface area contributed by atoms with E-state index in [0.717, 1.165) is 0 Å². The lowest BCUT2D eigenvalue weighted by molar-refractivity contribution is -0.176. The van der Waals surface area contributed by atoms with Crippen molar-refractivity contribution >= 4 is 17.7 Å². The van der Waals surface area contributed by atoms with E-state index in [1.54, 1.807) is 46.8 Å². The summed E-state index contributed by atoms with van der Waals surface area (Å²) in [7, 11) is 0. The molecule has 7 nitrogen and oxygen atoms in total. The van der Waals surface area contributed by atoms with Gasteiger partial charge in [0.25, 0.3) is 0 Å². The molecule has 2 aliphatic rings. The van der Waals surface area contributed by atoms with Gasteiger partial charge in [-0.3, -0.25) is 4.79 Å². The molecule has 6 atom stereocenters. The third-order valence-electron chi connectivity index (χ3n) is 7.64. The van der Waals surface area contributed by atoms with Gasteiger partial charge in [-0.25, -0.2) is 9.59 Å². The number of fused-ring (bicyclic) bond motifs is 1. The van der Waals surface area contributed by atoms with Crippen LogP contribution in [-0.2, 0) is 23.9 Å². The summed E-state index contributed by atoms with van der Waals surface area (Å²) in [5.41, 5.74) is -3.49. The van der Waals surface area contributed by atoms with Crippen molar-refractivity contribution in [2.45, 2.75) is 98.1 Å². The number of ether oxygens (including phenoxy) is 2. The van der Waals surface area contributed by atoms with Gasteiger partial charge in [-0.05, 0) is 53.4 Å². The molecular weight excluding hydrogens is 412 g/mol. The molecular formula is C25H38O7. The largest absolute Gasteiger partial charge is 0.458 e. The molecule has 7 heteroatoms. The van der Waals surface area contributed by atoms with Crippen molar-refractivity contribution in [2.24, 2.45) is 17.3 Å². The Labute approximate surface area is 190 Å². The molecule has 6 unspecified atom stereocenters. The van der Waals surface area contributed by atoms with Gasteiger partial charge in [0.1, 0.15) is 11.7 Å². The Kier molecular flexibility index (Phi) is 7.47. The molecule has 180 valence electrons. The highest BCUT2D eigenvalue weighted by Gasteiger charge is 2.68. The van der Waals surface area contributed by atoms with E-state index in [2.05, 4.69) is 0 Å². The van der Waals surface area contributed by atoms with Crippen LogP contribution in [0.15, 0.2) is 23.3 Å². The van der Waals surface area contributed by atoms with Crippen molar-refractivity contribution < 1.29 is 34.1 Å². The average Bonchev–Trinajstić information content (AvgIpc) is 2.98. The third-order valence-corrected chi connectivity index (χ3v) is 7.64. The van der Waals surface area contributed by atoms with E-state index in [4.69, 9.17) is 9.47 Å². The molecule has 0 amide bonds. The number of allylic oxidation sites excluding steroid dienone is 2. The van der Waals surface area contributed by atoms with E-state index in [-0.39, 0.29) is 12.3 Å². The summed E-state index contributed by atoms with van der Waals surface area (Å²) >= 11 is 0. The monoisotopic (exact) mass is 450 g/mol. The van der Waals surface area contributed by atoms with Crippen LogP contribution in [0.5, 0.6) is 0 Å². The van der Waals surface area contributed by atoms with Gasteiger partial charge in [-0.1, -0.05) is 32.9 Å². The van der Waals surface area contributed by atoms with Crippen LogP contribution in [0, 0.1) is 17.3 Å². The summed E-state index contributed by atoms with van der Waals surface area (Å²) in [4.78, 5) is 38.8. The first-order valence-corrected chi connectivity index (χ1v) is 11.3. The van der Waals surface area contributed by atoms with Gasteiger partial charge in [0.05, 0.1) is 5.60 Å². The first-order chi connectivity index (χ1) is 14.7. The van der Waals surface area contributed by atoms with Crippen molar-refractivity contribution in [3.8, 4) is 0 Å². The summed E-state index contributed by atoms with van der Waals surface area (Å²) in [6, 6.07) is 0. The lowest BCUT2D eigenvalue weighted by Gasteiger charge is -2.44. The highest BCUT2D eigenvalue weighted by Crippen LogP contribution is 2.59. The number of carbonyl (C=O) groups excluding carboxylic acids is 3. The molecule has 2 rings (SSSR count). The van der Waals surface area contributed by atoms with Crippen molar-refractivity contribution in [3.63, 3.8) is 0 Å². The minimum absolute atomic E-state index is 0.194. The zero-order valence-corrected chi connectivity index (χ0v) is 20.5.